The minimum Gasteiger partial charge on any atom is -0.321 e. The van der Waals surface area contributed by atoms with Crippen molar-refractivity contribution in [2.24, 2.45) is 0 Å². The molecular weight excluding hydrogens is 518 g/mol. The molecule has 0 bridgehead atoms. The van der Waals surface area contributed by atoms with Gasteiger partial charge in [-0.15, -0.1) is 0 Å². The van der Waals surface area contributed by atoms with E-state index in [1.54, 1.807) is 42.7 Å². The summed E-state index contributed by atoms with van der Waals surface area (Å²) < 4.78 is 1.87. The van der Waals surface area contributed by atoms with E-state index in [1.807, 2.05) is 84.4 Å². The van der Waals surface area contributed by atoms with Gasteiger partial charge in [-0.05, 0) is 47.9 Å². The molecule has 1 heterocycles. The number of hydrogen-bond acceptors (Lipinski definition) is 3. The Labute approximate surface area is 245 Å². The van der Waals surface area contributed by atoms with Crippen molar-refractivity contribution in [2.45, 2.75) is 12.5 Å². The molecule has 0 fully saturated rings. The molecule has 0 saturated carbocycles. The van der Waals surface area contributed by atoms with Crippen LogP contribution >= 0.6 is 0 Å². The highest BCUT2D eigenvalue weighted by atomic mass is 16.2. The van der Waals surface area contributed by atoms with Crippen LogP contribution in [-0.2, 0) is 5.54 Å². The van der Waals surface area contributed by atoms with Gasteiger partial charge in [0, 0.05) is 17.3 Å². The number of amides is 1. The molecule has 1 aromatic heterocycles. The van der Waals surface area contributed by atoms with Crippen molar-refractivity contribution in [1.29, 1.82) is 0 Å². The number of carbonyl (C=O) groups excluding carboxylic acids is 2. The number of nitrogens with zero attached hydrogens (tertiary/aromatic N) is 2. The van der Waals surface area contributed by atoms with Crippen LogP contribution in [0.2, 0.25) is 0 Å². The predicted molar refractivity (Wildman–Crippen MR) is 166 cm³/mol. The first-order chi connectivity index (χ1) is 20.6. The third-order valence-corrected chi connectivity index (χ3v) is 7.46. The van der Waals surface area contributed by atoms with Crippen LogP contribution in [0.5, 0.6) is 0 Å². The molecule has 0 spiro atoms. The molecule has 0 unspecified atom stereocenters. The molecule has 1 amide bonds. The molecule has 0 aliphatic heterocycles. The van der Waals surface area contributed by atoms with Gasteiger partial charge in [0.2, 0.25) is 0 Å². The lowest BCUT2D eigenvalue weighted by Gasteiger charge is -2.36. The molecule has 6 rings (SSSR count). The normalized spacial score (nSPS) is 11.2. The van der Waals surface area contributed by atoms with Crippen molar-refractivity contribution >= 4 is 17.4 Å². The smallest absolute Gasteiger partial charge is 0.255 e. The maximum Gasteiger partial charge on any atom is 0.255 e. The summed E-state index contributed by atoms with van der Waals surface area (Å²) in [7, 11) is 0. The number of ketones is 1. The van der Waals surface area contributed by atoms with Gasteiger partial charge >= 0.3 is 0 Å². The number of rotatable bonds is 8. The van der Waals surface area contributed by atoms with E-state index in [4.69, 9.17) is 5.10 Å². The first-order valence-electron chi connectivity index (χ1n) is 13.8. The van der Waals surface area contributed by atoms with E-state index in [1.165, 1.54) is 0 Å². The Morgan fingerprint density at radius 3 is 1.76 bits per heavy atom. The number of nitrogens with one attached hydrogen (secondary N) is 1. The standard InChI is InChI=1S/C37H29N3O2/c1-27-14-13-15-28(24-27)36(42)39-34-23-12-11-22-33(34)35(41)29-25-38-40(26-29)37(30-16-5-2-6-17-30,31-18-7-3-8-19-31)32-20-9-4-10-21-32/h2-26H,1H3,(H,39,42). The summed E-state index contributed by atoms with van der Waals surface area (Å²) in [6.07, 6.45) is 3.40. The van der Waals surface area contributed by atoms with Crippen LogP contribution in [0.3, 0.4) is 0 Å². The monoisotopic (exact) mass is 547 g/mol. The van der Waals surface area contributed by atoms with E-state index < -0.39 is 5.54 Å². The summed E-state index contributed by atoms with van der Waals surface area (Å²) in [5.74, 6) is -0.504. The molecule has 0 saturated heterocycles. The Kier molecular flexibility index (Phi) is 7.31. The van der Waals surface area contributed by atoms with Gasteiger partial charge < -0.3 is 5.32 Å². The quantitative estimate of drug-likeness (QED) is 0.158. The van der Waals surface area contributed by atoms with Crippen LogP contribution in [0.4, 0.5) is 5.69 Å². The molecule has 1 N–H and O–H groups in total. The second-order valence-electron chi connectivity index (χ2n) is 10.2. The molecule has 0 aliphatic rings. The Bertz CT molecular complexity index is 1750. The van der Waals surface area contributed by atoms with E-state index in [0.29, 0.717) is 22.4 Å². The molecule has 6 aromatic rings. The SMILES string of the molecule is Cc1cccc(C(=O)Nc2ccccc2C(=O)c2cnn(C(c3ccccc3)(c3ccccc3)c3ccccc3)c2)c1. The van der Waals surface area contributed by atoms with Crippen molar-refractivity contribution in [1.82, 2.24) is 9.78 Å². The largest absolute Gasteiger partial charge is 0.321 e. The average Bonchev–Trinajstić information content (AvgIpc) is 3.54. The summed E-state index contributed by atoms with van der Waals surface area (Å²) >= 11 is 0. The lowest BCUT2D eigenvalue weighted by atomic mass is 9.77. The third-order valence-electron chi connectivity index (χ3n) is 7.46. The van der Waals surface area contributed by atoms with Gasteiger partial charge in [0.1, 0.15) is 5.54 Å². The van der Waals surface area contributed by atoms with Gasteiger partial charge in [-0.3, -0.25) is 14.3 Å². The summed E-state index contributed by atoms with van der Waals surface area (Å²) in [6.45, 7) is 1.94. The zero-order valence-electron chi connectivity index (χ0n) is 23.1. The van der Waals surface area contributed by atoms with E-state index in [0.717, 1.165) is 22.3 Å². The summed E-state index contributed by atoms with van der Waals surface area (Å²) in [5.41, 5.74) is 4.97. The minimum absolute atomic E-state index is 0.232. The Hall–Kier alpha value is -5.55. The number of aromatic nitrogens is 2. The van der Waals surface area contributed by atoms with Crippen molar-refractivity contribution in [3.63, 3.8) is 0 Å². The number of carbonyl (C=O) groups is 2. The number of anilines is 1. The van der Waals surface area contributed by atoms with Gasteiger partial charge in [-0.2, -0.15) is 5.10 Å². The maximum absolute atomic E-state index is 14.0. The number of aryl methyl sites for hydroxylation is 1. The third kappa shape index (κ3) is 4.93. The fraction of sp³-hybridized carbons (Fsp3) is 0.0541. The van der Waals surface area contributed by atoms with Gasteiger partial charge in [0.05, 0.1) is 17.4 Å². The molecule has 0 aliphatic carbocycles. The molecular formula is C37H29N3O2. The predicted octanol–water partition coefficient (Wildman–Crippen LogP) is 7.52. The average molecular weight is 548 g/mol. The fourth-order valence-electron chi connectivity index (χ4n) is 5.48. The van der Waals surface area contributed by atoms with Crippen LogP contribution in [0, 0.1) is 6.92 Å². The van der Waals surface area contributed by atoms with Gasteiger partial charge in [0.15, 0.2) is 5.78 Å². The van der Waals surface area contributed by atoms with Gasteiger partial charge in [0.25, 0.3) is 5.91 Å². The van der Waals surface area contributed by atoms with Crippen LogP contribution in [0.1, 0.15) is 48.5 Å². The molecule has 204 valence electrons. The Balaban J connectivity index is 1.44. The highest BCUT2D eigenvalue weighted by Gasteiger charge is 2.39. The van der Waals surface area contributed by atoms with Crippen molar-refractivity contribution < 1.29 is 9.59 Å². The number of para-hydroxylation sites is 1. The van der Waals surface area contributed by atoms with E-state index >= 15 is 0 Å². The second kappa shape index (κ2) is 11.5. The van der Waals surface area contributed by atoms with Crippen LogP contribution in [0.25, 0.3) is 0 Å². The summed E-state index contributed by atoms with van der Waals surface area (Å²) in [5, 5.41) is 7.75. The molecule has 0 radical (unpaired) electrons. The second-order valence-corrected chi connectivity index (χ2v) is 10.2. The first-order valence-corrected chi connectivity index (χ1v) is 13.8. The van der Waals surface area contributed by atoms with Gasteiger partial charge in [-0.25, -0.2) is 0 Å². The topological polar surface area (TPSA) is 64.0 Å². The van der Waals surface area contributed by atoms with Crippen LogP contribution < -0.4 is 5.32 Å². The molecule has 42 heavy (non-hydrogen) atoms. The Morgan fingerprint density at radius 1 is 0.643 bits per heavy atom. The van der Waals surface area contributed by atoms with Crippen molar-refractivity contribution in [3.05, 3.63) is 191 Å². The number of benzene rings is 5. The summed E-state index contributed by atoms with van der Waals surface area (Å²) in [4.78, 5) is 27.0. The van der Waals surface area contributed by atoms with E-state index in [2.05, 4.69) is 41.7 Å². The zero-order chi connectivity index (χ0) is 28.9. The summed E-state index contributed by atoms with van der Waals surface area (Å²) in [6, 6.07) is 45.0. The van der Waals surface area contributed by atoms with E-state index in [-0.39, 0.29) is 11.7 Å². The zero-order valence-corrected chi connectivity index (χ0v) is 23.1. The van der Waals surface area contributed by atoms with Crippen LogP contribution in [0.15, 0.2) is 152 Å². The molecule has 5 aromatic carbocycles. The lowest BCUT2D eigenvalue weighted by Crippen LogP contribution is -2.38. The van der Waals surface area contributed by atoms with Crippen molar-refractivity contribution in [2.75, 3.05) is 5.32 Å². The first kappa shape index (κ1) is 26.7. The molecule has 0 atom stereocenters. The Morgan fingerprint density at radius 2 is 1.19 bits per heavy atom. The fourth-order valence-corrected chi connectivity index (χ4v) is 5.48. The maximum atomic E-state index is 14.0. The highest BCUT2D eigenvalue weighted by Crippen LogP contribution is 2.40. The minimum atomic E-state index is -0.832. The van der Waals surface area contributed by atoms with Crippen LogP contribution in [-0.4, -0.2) is 21.5 Å². The molecule has 5 nitrogen and oxygen atoms in total. The van der Waals surface area contributed by atoms with E-state index in [9.17, 15) is 9.59 Å². The number of hydrogen-bond donors (Lipinski definition) is 1. The van der Waals surface area contributed by atoms with Gasteiger partial charge in [-0.1, -0.05) is 121 Å². The molecule has 5 heteroatoms. The highest BCUT2D eigenvalue weighted by molar-refractivity contribution is 6.15. The lowest BCUT2D eigenvalue weighted by molar-refractivity contribution is 0.102. The van der Waals surface area contributed by atoms with Crippen molar-refractivity contribution in [3.8, 4) is 0 Å².